The van der Waals surface area contributed by atoms with Gasteiger partial charge in [-0.3, -0.25) is 0 Å². The predicted octanol–water partition coefficient (Wildman–Crippen LogP) is 12.0. The molecule has 0 atom stereocenters. The fraction of sp³-hybridized carbons (Fsp3) is 0.103. The minimum absolute atomic E-state index is 1.05. The number of hydrogen-bond donors (Lipinski definition) is 0. The van der Waals surface area contributed by atoms with Crippen LogP contribution in [-0.2, 0) is 0 Å². The fourth-order valence-corrected chi connectivity index (χ4v) is 7.64. The molecular formula is C39H31NS. The Balaban J connectivity index is 0.000000664. The number of pyridine rings is 1. The minimum Gasteiger partial charge on any atom is -0.247 e. The molecule has 1 aromatic heterocycles. The Kier molecular flexibility index (Phi) is 6.37. The molecule has 41 heavy (non-hydrogen) atoms. The van der Waals surface area contributed by atoms with Crippen LogP contribution in [0.25, 0.3) is 77.1 Å². The lowest BCUT2D eigenvalue weighted by atomic mass is 9.89. The molecule has 0 spiro atoms. The van der Waals surface area contributed by atoms with Crippen LogP contribution in [-0.4, -0.2) is 4.98 Å². The normalized spacial score (nSPS) is 11.8. The average Bonchev–Trinajstić information content (AvgIpc) is 3.38. The van der Waals surface area contributed by atoms with Gasteiger partial charge in [-0.15, -0.1) is 0 Å². The Hall–Kier alpha value is -4.40. The van der Waals surface area contributed by atoms with Crippen LogP contribution in [0.5, 0.6) is 0 Å². The Morgan fingerprint density at radius 1 is 0.415 bits per heavy atom. The Morgan fingerprint density at radius 2 is 0.976 bits per heavy atom. The summed E-state index contributed by atoms with van der Waals surface area (Å²) in [6.45, 7) is 8.00. The molecule has 0 amide bonds. The number of rotatable bonds is 1. The fourth-order valence-electron chi connectivity index (χ4n) is 6.49. The van der Waals surface area contributed by atoms with Crippen molar-refractivity contribution in [1.82, 2.24) is 4.98 Å². The monoisotopic (exact) mass is 545 g/mol. The maximum atomic E-state index is 5.31. The van der Waals surface area contributed by atoms with Gasteiger partial charge in [0.1, 0.15) is 0 Å². The second kappa shape index (κ2) is 10.2. The van der Waals surface area contributed by atoms with Crippen LogP contribution >= 0.6 is 11.8 Å². The van der Waals surface area contributed by atoms with E-state index in [1.165, 1.54) is 75.7 Å². The molecule has 2 heteroatoms. The lowest BCUT2D eigenvalue weighted by molar-refractivity contribution is 1.32. The molecule has 2 aliphatic rings. The molecule has 7 aromatic rings. The second-order valence-electron chi connectivity index (χ2n) is 9.87. The van der Waals surface area contributed by atoms with Crippen LogP contribution in [0.1, 0.15) is 27.7 Å². The third kappa shape index (κ3) is 3.67. The molecular weight excluding hydrogens is 515 g/mol. The van der Waals surface area contributed by atoms with Crippen molar-refractivity contribution in [2.45, 2.75) is 37.5 Å². The quantitative estimate of drug-likeness (QED) is 0.190. The molecule has 0 saturated carbocycles. The zero-order valence-corrected chi connectivity index (χ0v) is 24.6. The van der Waals surface area contributed by atoms with Crippen molar-refractivity contribution in [1.29, 1.82) is 0 Å². The number of aromatic nitrogens is 1. The zero-order chi connectivity index (χ0) is 28.1. The Labute approximate surface area is 245 Å². The molecule has 0 bridgehead atoms. The molecule has 6 aromatic carbocycles. The summed E-state index contributed by atoms with van der Waals surface area (Å²) in [5, 5.41) is 6.43. The molecule has 0 radical (unpaired) electrons. The highest BCUT2D eigenvalue weighted by molar-refractivity contribution is 7.99. The molecule has 2 heterocycles. The summed E-state index contributed by atoms with van der Waals surface area (Å²) in [6, 6.07) is 42.1. The molecule has 1 aliphatic heterocycles. The average molecular weight is 546 g/mol. The van der Waals surface area contributed by atoms with E-state index in [2.05, 4.69) is 115 Å². The van der Waals surface area contributed by atoms with Crippen molar-refractivity contribution >= 4 is 44.2 Å². The summed E-state index contributed by atoms with van der Waals surface area (Å²) >= 11 is 1.87. The van der Waals surface area contributed by atoms with Gasteiger partial charge < -0.3 is 0 Å². The van der Waals surface area contributed by atoms with Crippen molar-refractivity contribution in [2.24, 2.45) is 0 Å². The van der Waals surface area contributed by atoms with Gasteiger partial charge in [0.25, 0.3) is 0 Å². The van der Waals surface area contributed by atoms with Crippen LogP contribution < -0.4 is 0 Å². The van der Waals surface area contributed by atoms with Gasteiger partial charge in [0, 0.05) is 26.1 Å². The third-order valence-electron chi connectivity index (χ3n) is 8.01. The van der Waals surface area contributed by atoms with Crippen molar-refractivity contribution < 1.29 is 0 Å². The molecule has 0 saturated heterocycles. The summed E-state index contributed by atoms with van der Waals surface area (Å²) in [7, 11) is 0. The lowest BCUT2D eigenvalue weighted by Crippen LogP contribution is -1.99. The lowest BCUT2D eigenvalue weighted by Gasteiger charge is -2.23. The van der Waals surface area contributed by atoms with E-state index < -0.39 is 0 Å². The van der Waals surface area contributed by atoms with E-state index in [9.17, 15) is 0 Å². The third-order valence-corrected chi connectivity index (χ3v) is 9.13. The Morgan fingerprint density at radius 3 is 1.80 bits per heavy atom. The number of benzene rings is 6. The number of hydrogen-bond acceptors (Lipinski definition) is 2. The number of para-hydroxylation sites is 1. The number of nitrogens with zero attached hydrogens (tertiary/aromatic N) is 1. The first-order valence-electron chi connectivity index (χ1n) is 14.7. The van der Waals surface area contributed by atoms with Crippen LogP contribution in [0.3, 0.4) is 0 Å². The molecule has 0 N–H and O–H groups in total. The highest BCUT2D eigenvalue weighted by atomic mass is 32.2. The topological polar surface area (TPSA) is 12.9 Å². The molecule has 198 valence electrons. The van der Waals surface area contributed by atoms with E-state index in [1.807, 2.05) is 39.5 Å². The molecule has 1 nitrogen and oxygen atoms in total. The van der Waals surface area contributed by atoms with Crippen molar-refractivity contribution in [3.05, 3.63) is 115 Å². The molecule has 9 rings (SSSR count). The van der Waals surface area contributed by atoms with Gasteiger partial charge in [-0.25, -0.2) is 4.98 Å². The van der Waals surface area contributed by atoms with Crippen LogP contribution in [0.4, 0.5) is 0 Å². The van der Waals surface area contributed by atoms with E-state index in [0.29, 0.717) is 0 Å². The maximum absolute atomic E-state index is 5.31. The highest BCUT2D eigenvalue weighted by Crippen LogP contribution is 2.54. The first-order chi connectivity index (χ1) is 20.4. The van der Waals surface area contributed by atoms with Gasteiger partial charge in [0.15, 0.2) is 0 Å². The zero-order valence-electron chi connectivity index (χ0n) is 23.8. The standard InChI is InChI=1S/C35H19NS.2C2H6/c1-2-9-21-20(8-1)24-11-5-12-25-22(18-19-28(21)32(24)25)26-13-6-16-30-33(26)35-34-27(14-7-17-31(34)37-30)23-10-3-4-15-29(23)36-35;2*1-2/h1-19H;2*1-2H3. The van der Waals surface area contributed by atoms with E-state index in [-0.39, 0.29) is 0 Å². The summed E-state index contributed by atoms with van der Waals surface area (Å²) in [5.41, 5.74) is 11.2. The molecule has 1 aliphatic carbocycles. The highest BCUT2D eigenvalue weighted by Gasteiger charge is 2.27. The van der Waals surface area contributed by atoms with Crippen molar-refractivity contribution in [3.8, 4) is 44.6 Å². The summed E-state index contributed by atoms with van der Waals surface area (Å²) in [6.07, 6.45) is 0. The van der Waals surface area contributed by atoms with Gasteiger partial charge in [0.05, 0.1) is 11.2 Å². The summed E-state index contributed by atoms with van der Waals surface area (Å²) < 4.78 is 0. The molecule has 0 fully saturated rings. The van der Waals surface area contributed by atoms with Crippen molar-refractivity contribution in [3.63, 3.8) is 0 Å². The summed E-state index contributed by atoms with van der Waals surface area (Å²) in [4.78, 5) is 7.86. The van der Waals surface area contributed by atoms with E-state index >= 15 is 0 Å². The van der Waals surface area contributed by atoms with E-state index in [0.717, 1.165) is 11.2 Å². The van der Waals surface area contributed by atoms with E-state index in [4.69, 9.17) is 4.98 Å². The predicted molar refractivity (Wildman–Crippen MR) is 179 cm³/mol. The van der Waals surface area contributed by atoms with Crippen LogP contribution in [0, 0.1) is 0 Å². The Bertz CT molecular complexity index is 2090. The minimum atomic E-state index is 1.05. The van der Waals surface area contributed by atoms with Gasteiger partial charge in [0.2, 0.25) is 0 Å². The largest absolute Gasteiger partial charge is 0.247 e. The SMILES string of the molecule is CC.CC.c1ccc2c(c1)-c1cccc3c(-c4cccc5c4-c4nc6ccccc6c6cccc(c46)S5)ccc-2c13. The second-order valence-corrected chi connectivity index (χ2v) is 11.0. The van der Waals surface area contributed by atoms with Crippen LogP contribution in [0.15, 0.2) is 125 Å². The van der Waals surface area contributed by atoms with Gasteiger partial charge >= 0.3 is 0 Å². The van der Waals surface area contributed by atoms with Gasteiger partial charge in [-0.1, -0.05) is 137 Å². The number of fused-ring (bicyclic) bond motifs is 7. The van der Waals surface area contributed by atoms with E-state index in [1.54, 1.807) is 0 Å². The first-order valence-corrected chi connectivity index (χ1v) is 15.5. The smallest absolute Gasteiger partial charge is 0.0817 e. The van der Waals surface area contributed by atoms with Crippen molar-refractivity contribution in [2.75, 3.05) is 0 Å². The molecule has 0 unspecified atom stereocenters. The van der Waals surface area contributed by atoms with Gasteiger partial charge in [-0.2, -0.15) is 0 Å². The maximum Gasteiger partial charge on any atom is 0.0817 e. The first kappa shape index (κ1) is 25.6. The van der Waals surface area contributed by atoms with Gasteiger partial charge in [-0.05, 0) is 67.7 Å². The summed E-state index contributed by atoms with van der Waals surface area (Å²) in [5.74, 6) is 0. The van der Waals surface area contributed by atoms with Crippen LogP contribution in [0.2, 0.25) is 0 Å².